The number of fused-ring (bicyclic) bond motifs is 2. The third kappa shape index (κ3) is 3.50. The zero-order chi connectivity index (χ0) is 19.7. The topological polar surface area (TPSA) is 41.6 Å². The Morgan fingerprint density at radius 2 is 1.93 bits per heavy atom. The van der Waals surface area contributed by atoms with E-state index in [1.807, 2.05) is 23.6 Å². The Balaban J connectivity index is 1.36. The lowest BCUT2D eigenvalue weighted by Crippen LogP contribution is -2.42. The molecule has 5 rings (SSSR count). The zero-order valence-corrected chi connectivity index (χ0v) is 17.0. The summed E-state index contributed by atoms with van der Waals surface area (Å²) in [6.07, 6.45) is 0.270. The van der Waals surface area contributed by atoms with Crippen molar-refractivity contribution in [2.24, 2.45) is 0 Å². The smallest absolute Gasteiger partial charge is 0.249 e. The number of thiophene rings is 1. The fourth-order valence-corrected chi connectivity index (χ4v) is 5.24. The van der Waals surface area contributed by atoms with Crippen molar-refractivity contribution >= 4 is 17.2 Å². The van der Waals surface area contributed by atoms with Gasteiger partial charge in [0.05, 0.1) is 18.7 Å². The molecule has 1 N–H and O–H groups in total. The van der Waals surface area contributed by atoms with Crippen LogP contribution < -0.4 is 5.32 Å². The van der Waals surface area contributed by atoms with Crippen molar-refractivity contribution in [2.75, 3.05) is 6.61 Å². The molecule has 1 saturated heterocycles. The van der Waals surface area contributed by atoms with E-state index < -0.39 is 6.10 Å². The Bertz CT molecular complexity index is 989. The van der Waals surface area contributed by atoms with Crippen LogP contribution in [0.4, 0.5) is 0 Å². The first-order valence-electron chi connectivity index (χ1n) is 10.0. The number of ether oxygens (including phenoxy) is 1. The fraction of sp³-hybridized carbons (Fsp3) is 0.292. The maximum atomic E-state index is 12.8. The lowest BCUT2D eigenvalue weighted by atomic mass is 9.86. The van der Waals surface area contributed by atoms with E-state index in [0.29, 0.717) is 19.6 Å². The van der Waals surface area contributed by atoms with Crippen LogP contribution in [0, 0.1) is 0 Å². The Kier molecular flexibility index (Phi) is 4.96. The maximum Gasteiger partial charge on any atom is 0.249 e. The van der Waals surface area contributed by atoms with E-state index in [-0.39, 0.29) is 11.4 Å². The van der Waals surface area contributed by atoms with Gasteiger partial charge in [-0.3, -0.25) is 9.69 Å². The molecule has 2 aromatic carbocycles. The summed E-state index contributed by atoms with van der Waals surface area (Å²) in [5.74, 6) is -0.0145. The highest BCUT2D eigenvalue weighted by Crippen LogP contribution is 2.47. The van der Waals surface area contributed by atoms with Gasteiger partial charge < -0.3 is 10.1 Å². The van der Waals surface area contributed by atoms with Crippen LogP contribution in [-0.2, 0) is 34.7 Å². The van der Waals surface area contributed by atoms with E-state index in [2.05, 4.69) is 58.7 Å². The lowest BCUT2D eigenvalue weighted by molar-refractivity contribution is -0.130. The van der Waals surface area contributed by atoms with Gasteiger partial charge in [0.25, 0.3) is 0 Å². The van der Waals surface area contributed by atoms with Crippen LogP contribution in [0.25, 0.3) is 0 Å². The highest BCUT2D eigenvalue weighted by atomic mass is 32.1. The van der Waals surface area contributed by atoms with Crippen molar-refractivity contribution in [3.05, 3.63) is 93.7 Å². The summed E-state index contributed by atoms with van der Waals surface area (Å²) in [4.78, 5) is 16.4. The summed E-state index contributed by atoms with van der Waals surface area (Å²) in [5, 5.41) is 5.08. The molecule has 29 heavy (non-hydrogen) atoms. The van der Waals surface area contributed by atoms with Crippen molar-refractivity contribution in [1.82, 2.24) is 10.2 Å². The van der Waals surface area contributed by atoms with Gasteiger partial charge in [-0.1, -0.05) is 60.7 Å². The first kappa shape index (κ1) is 18.6. The molecule has 1 fully saturated rings. The first-order valence-corrected chi connectivity index (χ1v) is 10.9. The van der Waals surface area contributed by atoms with Crippen LogP contribution in [0.2, 0.25) is 0 Å². The standard InChI is InChI=1S/C24H24N2O2S/c27-23(25-14-20-10-6-12-29-20)22-13-24(17-28-22)21-11-5-4-9-19(21)16-26(24)15-18-7-2-1-3-8-18/h1-12,22H,13-17H2,(H,25,27)/t22-,24+/m0/s1. The Labute approximate surface area is 175 Å². The third-order valence-corrected chi connectivity index (χ3v) is 6.93. The molecule has 0 aliphatic carbocycles. The van der Waals surface area contributed by atoms with Crippen molar-refractivity contribution in [2.45, 2.75) is 37.7 Å². The van der Waals surface area contributed by atoms with Crippen LogP contribution in [0.15, 0.2) is 72.1 Å². The molecule has 1 aromatic heterocycles. The summed E-state index contributed by atoms with van der Waals surface area (Å²) in [6.45, 7) is 2.85. The molecule has 1 amide bonds. The van der Waals surface area contributed by atoms with Crippen LogP contribution in [0.1, 0.15) is 28.0 Å². The van der Waals surface area contributed by atoms with E-state index in [1.165, 1.54) is 16.7 Å². The molecular formula is C24H24N2O2S. The SMILES string of the molecule is O=C(NCc1cccs1)[C@@H]1C[C@@]2(CO1)c1ccccc1CN2Cc1ccccc1. The number of hydrogen-bond donors (Lipinski definition) is 1. The number of amides is 1. The quantitative estimate of drug-likeness (QED) is 0.697. The van der Waals surface area contributed by atoms with Gasteiger partial charge in [0.2, 0.25) is 5.91 Å². The predicted octanol–water partition coefficient (Wildman–Crippen LogP) is 4.06. The molecule has 0 saturated carbocycles. The summed E-state index contributed by atoms with van der Waals surface area (Å²) < 4.78 is 6.10. The first-order chi connectivity index (χ1) is 14.2. The monoisotopic (exact) mass is 404 g/mol. The molecule has 2 aliphatic rings. The zero-order valence-electron chi connectivity index (χ0n) is 16.2. The molecule has 3 heterocycles. The fourth-order valence-electron chi connectivity index (χ4n) is 4.59. The highest BCUT2D eigenvalue weighted by Gasteiger charge is 2.52. The predicted molar refractivity (Wildman–Crippen MR) is 114 cm³/mol. The molecular weight excluding hydrogens is 380 g/mol. The molecule has 5 heteroatoms. The van der Waals surface area contributed by atoms with E-state index in [1.54, 1.807) is 11.3 Å². The van der Waals surface area contributed by atoms with Crippen LogP contribution >= 0.6 is 11.3 Å². The summed E-state index contributed by atoms with van der Waals surface area (Å²) in [5.41, 5.74) is 3.69. The second-order valence-electron chi connectivity index (χ2n) is 7.83. The van der Waals surface area contributed by atoms with Crippen LogP contribution in [0.3, 0.4) is 0 Å². The molecule has 148 valence electrons. The van der Waals surface area contributed by atoms with Gasteiger partial charge in [-0.05, 0) is 28.1 Å². The Hall–Kier alpha value is -2.47. The molecule has 4 nitrogen and oxygen atoms in total. The number of nitrogens with zero attached hydrogens (tertiary/aromatic N) is 1. The second kappa shape index (κ2) is 7.75. The van der Waals surface area contributed by atoms with Crippen molar-refractivity contribution in [1.29, 1.82) is 0 Å². The van der Waals surface area contributed by atoms with Crippen molar-refractivity contribution in [3.8, 4) is 0 Å². The van der Waals surface area contributed by atoms with E-state index in [9.17, 15) is 4.79 Å². The number of nitrogens with one attached hydrogen (secondary N) is 1. The normalized spacial score (nSPS) is 23.4. The van der Waals surface area contributed by atoms with Crippen molar-refractivity contribution in [3.63, 3.8) is 0 Å². The Morgan fingerprint density at radius 3 is 2.76 bits per heavy atom. The average molecular weight is 405 g/mol. The van der Waals surface area contributed by atoms with E-state index in [0.717, 1.165) is 18.0 Å². The van der Waals surface area contributed by atoms with Gasteiger partial charge in [0.1, 0.15) is 6.10 Å². The van der Waals surface area contributed by atoms with Crippen LogP contribution in [0.5, 0.6) is 0 Å². The second-order valence-corrected chi connectivity index (χ2v) is 8.86. The molecule has 2 aliphatic heterocycles. The average Bonchev–Trinajstić information content (AvgIpc) is 3.49. The lowest BCUT2D eigenvalue weighted by Gasteiger charge is -2.34. The van der Waals surface area contributed by atoms with Crippen LogP contribution in [-0.4, -0.2) is 23.5 Å². The van der Waals surface area contributed by atoms with Crippen molar-refractivity contribution < 1.29 is 9.53 Å². The van der Waals surface area contributed by atoms with Gasteiger partial charge in [0.15, 0.2) is 0 Å². The van der Waals surface area contributed by atoms with Gasteiger partial charge in [-0.25, -0.2) is 0 Å². The van der Waals surface area contributed by atoms with E-state index in [4.69, 9.17) is 4.74 Å². The molecule has 0 radical (unpaired) electrons. The summed E-state index contributed by atoms with van der Waals surface area (Å²) in [7, 11) is 0. The largest absolute Gasteiger partial charge is 0.366 e. The van der Waals surface area contributed by atoms with E-state index >= 15 is 0 Å². The number of carbonyl (C=O) groups excluding carboxylic acids is 1. The number of hydrogen-bond acceptors (Lipinski definition) is 4. The summed E-state index contributed by atoms with van der Waals surface area (Å²) in [6, 6.07) is 23.2. The molecule has 0 unspecified atom stereocenters. The minimum absolute atomic E-state index is 0.0145. The molecule has 0 bridgehead atoms. The number of carbonyl (C=O) groups is 1. The number of rotatable bonds is 5. The van der Waals surface area contributed by atoms with Gasteiger partial charge in [-0.15, -0.1) is 11.3 Å². The third-order valence-electron chi connectivity index (χ3n) is 6.06. The summed E-state index contributed by atoms with van der Waals surface area (Å²) >= 11 is 1.65. The molecule has 3 aromatic rings. The molecule has 2 atom stereocenters. The minimum Gasteiger partial charge on any atom is -0.366 e. The van der Waals surface area contributed by atoms with Gasteiger partial charge in [0, 0.05) is 24.4 Å². The number of benzene rings is 2. The molecule has 1 spiro atoms. The minimum atomic E-state index is -0.417. The Morgan fingerprint density at radius 1 is 1.10 bits per heavy atom. The van der Waals surface area contributed by atoms with Gasteiger partial charge >= 0.3 is 0 Å². The maximum absolute atomic E-state index is 12.8. The van der Waals surface area contributed by atoms with Gasteiger partial charge in [-0.2, -0.15) is 0 Å². The highest BCUT2D eigenvalue weighted by molar-refractivity contribution is 7.09.